The fourth-order valence-electron chi connectivity index (χ4n) is 2.55. The van der Waals surface area contributed by atoms with Crippen molar-refractivity contribution in [2.75, 3.05) is 14.2 Å². The largest absolute Gasteiger partial charge is 0.495 e. The Morgan fingerprint density at radius 3 is 2.14 bits per heavy atom. The zero-order valence-electron chi connectivity index (χ0n) is 12.6. The molecule has 0 aliphatic carbocycles. The highest BCUT2D eigenvalue weighted by Crippen LogP contribution is 2.42. The summed E-state index contributed by atoms with van der Waals surface area (Å²) in [5, 5.41) is 10.8. The first-order valence-electron chi connectivity index (χ1n) is 6.65. The molecule has 0 aliphatic rings. The van der Waals surface area contributed by atoms with E-state index in [0.29, 0.717) is 21.5 Å². The van der Waals surface area contributed by atoms with Gasteiger partial charge < -0.3 is 14.6 Å². The Morgan fingerprint density at radius 1 is 1.00 bits per heavy atom. The summed E-state index contributed by atoms with van der Waals surface area (Å²) in [6.45, 7) is 3.99. The molecule has 2 rings (SSSR count). The van der Waals surface area contributed by atoms with Gasteiger partial charge in [-0.1, -0.05) is 18.2 Å². The summed E-state index contributed by atoms with van der Waals surface area (Å²) < 4.78 is 11.4. The molecular formula is C17H19BrO3. The van der Waals surface area contributed by atoms with Crippen molar-refractivity contribution in [2.45, 2.75) is 20.0 Å². The van der Waals surface area contributed by atoms with Gasteiger partial charge in [0.15, 0.2) is 0 Å². The van der Waals surface area contributed by atoms with Gasteiger partial charge in [-0.2, -0.15) is 0 Å². The summed E-state index contributed by atoms with van der Waals surface area (Å²) in [6, 6.07) is 9.63. The van der Waals surface area contributed by atoms with Crippen molar-refractivity contribution >= 4 is 15.9 Å². The van der Waals surface area contributed by atoms with E-state index in [2.05, 4.69) is 15.9 Å². The van der Waals surface area contributed by atoms with E-state index in [1.807, 2.05) is 44.2 Å². The number of aryl methyl sites for hydroxylation is 2. The second-order valence-electron chi connectivity index (χ2n) is 4.91. The molecule has 0 amide bonds. The minimum absolute atomic E-state index is 0.588. The summed E-state index contributed by atoms with van der Waals surface area (Å²) in [6.07, 6.45) is -0.747. The second-order valence-corrected chi connectivity index (χ2v) is 5.71. The fourth-order valence-corrected chi connectivity index (χ4v) is 3.23. The van der Waals surface area contributed by atoms with Gasteiger partial charge in [-0.15, -0.1) is 0 Å². The van der Waals surface area contributed by atoms with Gasteiger partial charge in [0, 0.05) is 5.56 Å². The van der Waals surface area contributed by atoms with Crippen LogP contribution in [0.4, 0.5) is 0 Å². The zero-order valence-corrected chi connectivity index (χ0v) is 14.2. The monoisotopic (exact) mass is 350 g/mol. The van der Waals surface area contributed by atoms with Gasteiger partial charge in [0.2, 0.25) is 0 Å². The van der Waals surface area contributed by atoms with Crippen LogP contribution in [0.2, 0.25) is 0 Å². The first kappa shape index (κ1) is 15.9. The maximum atomic E-state index is 10.8. The normalized spacial score (nSPS) is 12.1. The molecule has 2 aromatic rings. The number of halogens is 1. The fraction of sp³-hybridized carbons (Fsp3) is 0.294. The molecular weight excluding hydrogens is 332 g/mol. The molecule has 0 saturated heterocycles. The maximum Gasteiger partial charge on any atom is 0.142 e. The molecule has 0 spiro atoms. The minimum Gasteiger partial charge on any atom is -0.495 e. The molecule has 0 aliphatic heterocycles. The Kier molecular flexibility index (Phi) is 4.91. The quantitative estimate of drug-likeness (QED) is 0.899. The van der Waals surface area contributed by atoms with Crippen LogP contribution in [0.5, 0.6) is 11.5 Å². The highest BCUT2D eigenvalue weighted by Gasteiger charge is 2.22. The molecule has 1 atom stereocenters. The van der Waals surface area contributed by atoms with Crippen molar-refractivity contribution in [3.8, 4) is 11.5 Å². The van der Waals surface area contributed by atoms with Crippen LogP contribution in [-0.4, -0.2) is 19.3 Å². The Morgan fingerprint density at radius 2 is 1.62 bits per heavy atom. The molecule has 0 saturated carbocycles. The molecule has 0 aromatic heterocycles. The molecule has 1 N–H and O–H groups in total. The molecule has 0 radical (unpaired) electrons. The summed E-state index contributed by atoms with van der Waals surface area (Å²) in [7, 11) is 3.18. The Hall–Kier alpha value is -1.52. The predicted octanol–water partition coefficient (Wildman–Crippen LogP) is 4.16. The number of aliphatic hydroxyl groups excluding tert-OH is 1. The molecule has 0 fully saturated rings. The van der Waals surface area contributed by atoms with E-state index in [1.54, 1.807) is 14.2 Å². The molecule has 21 heavy (non-hydrogen) atoms. The molecule has 0 bridgehead atoms. The van der Waals surface area contributed by atoms with Crippen LogP contribution in [0.25, 0.3) is 0 Å². The molecule has 112 valence electrons. The smallest absolute Gasteiger partial charge is 0.142 e. The first-order chi connectivity index (χ1) is 10.0. The summed E-state index contributed by atoms with van der Waals surface area (Å²) in [5.74, 6) is 1.26. The Balaban J connectivity index is 2.59. The van der Waals surface area contributed by atoms with Gasteiger partial charge in [-0.3, -0.25) is 0 Å². The molecule has 3 nitrogen and oxygen atoms in total. The van der Waals surface area contributed by atoms with E-state index >= 15 is 0 Å². The number of hydrogen-bond acceptors (Lipinski definition) is 3. The lowest BCUT2D eigenvalue weighted by Gasteiger charge is -2.20. The number of methoxy groups -OCH3 is 2. The molecule has 2 aromatic carbocycles. The maximum absolute atomic E-state index is 10.8. The van der Waals surface area contributed by atoms with Crippen molar-refractivity contribution in [2.24, 2.45) is 0 Å². The highest BCUT2D eigenvalue weighted by molar-refractivity contribution is 9.10. The zero-order chi connectivity index (χ0) is 15.6. The molecule has 0 heterocycles. The van der Waals surface area contributed by atoms with Crippen molar-refractivity contribution < 1.29 is 14.6 Å². The minimum atomic E-state index is -0.747. The van der Waals surface area contributed by atoms with Gasteiger partial charge >= 0.3 is 0 Å². The van der Waals surface area contributed by atoms with E-state index < -0.39 is 6.10 Å². The summed E-state index contributed by atoms with van der Waals surface area (Å²) in [5.41, 5.74) is 3.73. The van der Waals surface area contributed by atoms with E-state index in [9.17, 15) is 5.11 Å². The van der Waals surface area contributed by atoms with Crippen LogP contribution in [0.3, 0.4) is 0 Å². The third-order valence-electron chi connectivity index (χ3n) is 3.63. The van der Waals surface area contributed by atoms with Gasteiger partial charge in [-0.25, -0.2) is 0 Å². The number of aliphatic hydroxyl groups is 1. The van der Waals surface area contributed by atoms with E-state index in [4.69, 9.17) is 9.47 Å². The first-order valence-corrected chi connectivity index (χ1v) is 7.45. The van der Waals surface area contributed by atoms with E-state index in [0.717, 1.165) is 16.7 Å². The highest BCUT2D eigenvalue weighted by atomic mass is 79.9. The third kappa shape index (κ3) is 2.92. The average Bonchev–Trinajstić information content (AvgIpc) is 2.46. The number of hydrogen-bond donors (Lipinski definition) is 1. The van der Waals surface area contributed by atoms with Crippen molar-refractivity contribution in [3.63, 3.8) is 0 Å². The Bertz CT molecular complexity index is 632. The lowest BCUT2D eigenvalue weighted by molar-refractivity contribution is 0.212. The van der Waals surface area contributed by atoms with Crippen molar-refractivity contribution in [1.29, 1.82) is 0 Å². The van der Waals surface area contributed by atoms with Crippen molar-refractivity contribution in [1.82, 2.24) is 0 Å². The van der Waals surface area contributed by atoms with Crippen molar-refractivity contribution in [3.05, 3.63) is 57.1 Å². The Labute approximate surface area is 133 Å². The standard InChI is InChI=1S/C17H19BrO3/c1-10-6-5-7-11(2)14(10)16(19)12-8-9-13(20-3)15(18)17(12)21-4/h5-9,16,19H,1-4H3. The number of benzene rings is 2. The van der Waals surface area contributed by atoms with Crippen LogP contribution < -0.4 is 9.47 Å². The lowest BCUT2D eigenvalue weighted by Crippen LogP contribution is -2.07. The number of rotatable bonds is 4. The van der Waals surface area contributed by atoms with Crippen LogP contribution in [0, 0.1) is 13.8 Å². The second kappa shape index (κ2) is 6.50. The van der Waals surface area contributed by atoms with Gasteiger partial charge in [0.1, 0.15) is 22.1 Å². The van der Waals surface area contributed by atoms with Crippen LogP contribution in [0.1, 0.15) is 28.4 Å². The topological polar surface area (TPSA) is 38.7 Å². The lowest BCUT2D eigenvalue weighted by atomic mass is 9.93. The third-order valence-corrected chi connectivity index (χ3v) is 4.38. The summed E-state index contributed by atoms with van der Waals surface area (Å²) >= 11 is 3.47. The van der Waals surface area contributed by atoms with Gasteiger partial charge in [0.25, 0.3) is 0 Å². The van der Waals surface area contributed by atoms with E-state index in [-0.39, 0.29) is 0 Å². The molecule has 1 unspecified atom stereocenters. The van der Waals surface area contributed by atoms with Gasteiger partial charge in [0.05, 0.1) is 14.2 Å². The SMILES string of the molecule is COc1ccc(C(O)c2c(C)cccc2C)c(OC)c1Br. The van der Waals surface area contributed by atoms with E-state index in [1.165, 1.54) is 0 Å². The molecule has 4 heteroatoms. The van der Waals surface area contributed by atoms with Crippen LogP contribution in [-0.2, 0) is 0 Å². The van der Waals surface area contributed by atoms with Gasteiger partial charge in [-0.05, 0) is 58.6 Å². The van der Waals surface area contributed by atoms with Crippen LogP contribution >= 0.6 is 15.9 Å². The number of ether oxygens (including phenoxy) is 2. The predicted molar refractivity (Wildman–Crippen MR) is 87.2 cm³/mol. The average molecular weight is 351 g/mol. The summed E-state index contributed by atoms with van der Waals surface area (Å²) in [4.78, 5) is 0. The van der Waals surface area contributed by atoms with Crippen LogP contribution in [0.15, 0.2) is 34.8 Å².